The van der Waals surface area contributed by atoms with Gasteiger partial charge in [0.1, 0.15) is 5.88 Å². The zero-order valence-electron chi connectivity index (χ0n) is 15.3. The second kappa shape index (κ2) is 6.60. The molecule has 1 amide bonds. The average Bonchev–Trinajstić information content (AvgIpc) is 3.03. The predicted molar refractivity (Wildman–Crippen MR) is 106 cm³/mol. The minimum atomic E-state index is 0.0870. The predicted octanol–water partition coefficient (Wildman–Crippen LogP) is 5.15. The number of rotatable bonds is 2. The smallest absolute Gasteiger partial charge is 0.238 e. The summed E-state index contributed by atoms with van der Waals surface area (Å²) in [5.74, 6) is 0.924. The van der Waals surface area contributed by atoms with E-state index in [1.165, 1.54) is 59.8 Å². The maximum absolute atomic E-state index is 12.3. The van der Waals surface area contributed by atoms with Gasteiger partial charge in [-0.2, -0.15) is 0 Å². The van der Waals surface area contributed by atoms with Crippen molar-refractivity contribution >= 4 is 28.4 Å². The molecule has 0 bridgehead atoms. The molecule has 1 atom stereocenters. The van der Waals surface area contributed by atoms with Crippen molar-refractivity contribution in [2.24, 2.45) is 0 Å². The Labute approximate surface area is 160 Å². The summed E-state index contributed by atoms with van der Waals surface area (Å²) in [7, 11) is 0. The van der Waals surface area contributed by atoms with E-state index in [4.69, 9.17) is 11.6 Å². The number of halogens is 1. The second-order valence-corrected chi connectivity index (χ2v) is 8.52. The van der Waals surface area contributed by atoms with Crippen LogP contribution in [0.2, 0.25) is 0 Å². The molecule has 5 rings (SSSR count). The first-order chi connectivity index (χ1) is 12.8. The summed E-state index contributed by atoms with van der Waals surface area (Å²) >= 11 is 5.88. The normalized spacial score (nSPS) is 23.3. The molecule has 26 heavy (non-hydrogen) atoms. The van der Waals surface area contributed by atoms with Gasteiger partial charge < -0.3 is 9.47 Å². The van der Waals surface area contributed by atoms with Gasteiger partial charge in [-0.25, -0.2) is 0 Å². The maximum atomic E-state index is 12.3. The molecule has 2 heterocycles. The van der Waals surface area contributed by atoms with Crippen LogP contribution < -0.4 is 0 Å². The van der Waals surface area contributed by atoms with Crippen LogP contribution in [-0.4, -0.2) is 27.8 Å². The summed E-state index contributed by atoms with van der Waals surface area (Å²) in [5.41, 5.74) is 5.81. The molecule has 1 aliphatic heterocycles. The van der Waals surface area contributed by atoms with E-state index < -0.39 is 0 Å². The zero-order valence-corrected chi connectivity index (χ0v) is 16.1. The van der Waals surface area contributed by atoms with Crippen LogP contribution in [0.3, 0.4) is 0 Å². The van der Waals surface area contributed by atoms with Crippen LogP contribution in [0.1, 0.15) is 73.7 Å². The molecule has 3 nitrogen and oxygen atoms in total. The maximum Gasteiger partial charge on any atom is 0.238 e. The third kappa shape index (κ3) is 2.51. The average molecular weight is 371 g/mol. The SMILES string of the molecule is O=C(CCl)N1CCn2c3c(c4cc(C5CCCCC5)ccc42)CCC[C@H]31. The Morgan fingerprint density at radius 1 is 1.08 bits per heavy atom. The number of carbonyl (C=O) groups is 1. The number of carbonyl (C=O) groups excluding carboxylic acids is 1. The van der Waals surface area contributed by atoms with Gasteiger partial charge in [0.25, 0.3) is 0 Å². The molecule has 3 aliphatic rings. The van der Waals surface area contributed by atoms with Gasteiger partial charge in [-0.3, -0.25) is 4.79 Å². The topological polar surface area (TPSA) is 25.2 Å². The van der Waals surface area contributed by atoms with Crippen LogP contribution in [0.4, 0.5) is 0 Å². The Morgan fingerprint density at radius 3 is 2.73 bits per heavy atom. The second-order valence-electron chi connectivity index (χ2n) is 8.26. The van der Waals surface area contributed by atoms with E-state index in [9.17, 15) is 4.79 Å². The summed E-state index contributed by atoms with van der Waals surface area (Å²) in [6, 6.07) is 7.44. The molecule has 0 spiro atoms. The van der Waals surface area contributed by atoms with Gasteiger partial charge in [-0.05, 0) is 61.3 Å². The summed E-state index contributed by atoms with van der Waals surface area (Å²) in [4.78, 5) is 14.4. The van der Waals surface area contributed by atoms with E-state index in [1.807, 2.05) is 4.90 Å². The number of amides is 1. The van der Waals surface area contributed by atoms with Crippen LogP contribution in [0.15, 0.2) is 18.2 Å². The van der Waals surface area contributed by atoms with Gasteiger partial charge in [-0.15, -0.1) is 11.6 Å². The molecule has 138 valence electrons. The highest BCUT2D eigenvalue weighted by molar-refractivity contribution is 6.27. The third-order valence-electron chi connectivity index (χ3n) is 6.91. The van der Waals surface area contributed by atoms with Gasteiger partial charge in [0.2, 0.25) is 5.91 Å². The van der Waals surface area contributed by atoms with Crippen molar-refractivity contribution in [1.82, 2.24) is 9.47 Å². The fraction of sp³-hybridized carbons (Fsp3) is 0.591. The number of aryl methyl sites for hydroxylation is 1. The summed E-state index contributed by atoms with van der Waals surface area (Å²) in [5, 5.41) is 1.45. The van der Waals surface area contributed by atoms with Crippen molar-refractivity contribution in [2.75, 3.05) is 12.4 Å². The van der Waals surface area contributed by atoms with Gasteiger partial charge in [-0.1, -0.05) is 25.3 Å². The highest BCUT2D eigenvalue weighted by Gasteiger charge is 2.36. The first-order valence-corrected chi connectivity index (χ1v) is 10.8. The molecule has 4 heteroatoms. The molecular formula is C22H27ClN2O. The number of aromatic nitrogens is 1. The van der Waals surface area contributed by atoms with E-state index in [0.717, 1.165) is 38.3 Å². The lowest BCUT2D eigenvalue weighted by Crippen LogP contribution is -2.43. The fourth-order valence-corrected chi connectivity index (χ4v) is 5.84. The van der Waals surface area contributed by atoms with Crippen molar-refractivity contribution in [3.63, 3.8) is 0 Å². The van der Waals surface area contributed by atoms with Gasteiger partial charge in [0, 0.05) is 29.7 Å². The fourth-order valence-electron chi connectivity index (χ4n) is 5.69. The van der Waals surface area contributed by atoms with Gasteiger partial charge in [0.05, 0.1) is 6.04 Å². The number of alkyl halides is 1. The van der Waals surface area contributed by atoms with E-state index in [0.29, 0.717) is 0 Å². The zero-order chi connectivity index (χ0) is 17.7. The Bertz CT molecular complexity index is 849. The number of benzene rings is 1. The third-order valence-corrected chi connectivity index (χ3v) is 7.14. The molecule has 0 saturated heterocycles. The lowest BCUT2D eigenvalue weighted by molar-refractivity contribution is -0.132. The van der Waals surface area contributed by atoms with Crippen LogP contribution in [-0.2, 0) is 17.8 Å². The van der Waals surface area contributed by atoms with Gasteiger partial charge in [0.15, 0.2) is 0 Å². The van der Waals surface area contributed by atoms with Crippen LogP contribution in [0.5, 0.6) is 0 Å². The van der Waals surface area contributed by atoms with Crippen molar-refractivity contribution in [3.05, 3.63) is 35.0 Å². The molecule has 0 radical (unpaired) electrons. The first kappa shape index (κ1) is 16.7. The Balaban J connectivity index is 1.61. The Kier molecular flexibility index (Phi) is 4.23. The van der Waals surface area contributed by atoms with Crippen molar-refractivity contribution in [1.29, 1.82) is 0 Å². The minimum Gasteiger partial charge on any atom is -0.341 e. The number of hydrogen-bond donors (Lipinski definition) is 0. The first-order valence-electron chi connectivity index (χ1n) is 10.3. The molecule has 2 aromatic rings. The van der Waals surface area contributed by atoms with Crippen molar-refractivity contribution in [2.45, 2.75) is 69.9 Å². The molecule has 1 aromatic carbocycles. The largest absolute Gasteiger partial charge is 0.341 e. The highest BCUT2D eigenvalue weighted by Crippen LogP contribution is 2.44. The van der Waals surface area contributed by atoms with E-state index >= 15 is 0 Å². The van der Waals surface area contributed by atoms with Crippen molar-refractivity contribution < 1.29 is 4.79 Å². The van der Waals surface area contributed by atoms with Crippen LogP contribution in [0.25, 0.3) is 10.9 Å². The quantitative estimate of drug-likeness (QED) is 0.671. The van der Waals surface area contributed by atoms with E-state index in [2.05, 4.69) is 22.8 Å². The molecule has 0 N–H and O–H groups in total. The van der Waals surface area contributed by atoms with E-state index in [1.54, 1.807) is 0 Å². The van der Waals surface area contributed by atoms with Crippen LogP contribution >= 0.6 is 11.6 Å². The number of fused-ring (bicyclic) bond motifs is 3. The lowest BCUT2D eigenvalue weighted by atomic mass is 9.83. The van der Waals surface area contributed by atoms with Crippen LogP contribution in [0, 0.1) is 0 Å². The summed E-state index contributed by atoms with van der Waals surface area (Å²) < 4.78 is 2.50. The molecular weight excluding hydrogens is 344 g/mol. The lowest BCUT2D eigenvalue weighted by Gasteiger charge is -2.39. The van der Waals surface area contributed by atoms with Gasteiger partial charge >= 0.3 is 0 Å². The number of hydrogen-bond acceptors (Lipinski definition) is 1. The molecule has 2 aliphatic carbocycles. The molecule has 1 saturated carbocycles. The summed E-state index contributed by atoms with van der Waals surface area (Å²) in [6.45, 7) is 1.69. The number of nitrogens with zero attached hydrogens (tertiary/aromatic N) is 2. The molecule has 1 fully saturated rings. The highest BCUT2D eigenvalue weighted by atomic mass is 35.5. The molecule has 0 unspecified atom stereocenters. The van der Waals surface area contributed by atoms with Crippen molar-refractivity contribution in [3.8, 4) is 0 Å². The Morgan fingerprint density at radius 2 is 1.92 bits per heavy atom. The van der Waals surface area contributed by atoms with E-state index in [-0.39, 0.29) is 17.8 Å². The Hall–Kier alpha value is -1.48. The molecule has 1 aromatic heterocycles. The minimum absolute atomic E-state index is 0.0870. The monoisotopic (exact) mass is 370 g/mol. The standard InChI is InChI=1S/C22H27ClN2O/c23-14-21(26)24-11-12-25-19-10-9-16(15-5-2-1-3-6-15)13-18(19)17-7-4-8-20(24)22(17)25/h9-10,13,15,20H,1-8,11-12,14H2/t20-/m1/s1. The summed E-state index contributed by atoms with van der Waals surface area (Å²) in [6.07, 6.45) is 10.2.